The number of carbonyl (C=O) groups excluding carboxylic acids is 1. The van der Waals surface area contributed by atoms with Gasteiger partial charge in [-0.25, -0.2) is 4.79 Å². The van der Waals surface area contributed by atoms with Gasteiger partial charge in [0.05, 0.1) is 12.8 Å². The first-order valence-corrected chi connectivity index (χ1v) is 12.7. The predicted molar refractivity (Wildman–Crippen MR) is 134 cm³/mol. The van der Waals surface area contributed by atoms with Crippen molar-refractivity contribution in [1.82, 2.24) is 0 Å². The third kappa shape index (κ3) is 5.31. The van der Waals surface area contributed by atoms with Crippen LogP contribution in [0.15, 0.2) is 61.7 Å². The summed E-state index contributed by atoms with van der Waals surface area (Å²) in [5.74, 6) is 0.900. The molecule has 1 unspecified atom stereocenters. The Morgan fingerprint density at radius 3 is 2.76 bits per heavy atom. The van der Waals surface area contributed by atoms with E-state index in [0.717, 1.165) is 18.4 Å². The zero-order valence-electron chi connectivity index (χ0n) is 20.4. The molecule has 0 bridgehead atoms. The number of hydrogen-bond acceptors (Lipinski definition) is 4. The number of esters is 1. The minimum Gasteiger partial charge on any atom is -0.463 e. The summed E-state index contributed by atoms with van der Waals surface area (Å²) in [4.78, 5) is 16.9. The van der Waals surface area contributed by atoms with E-state index in [9.17, 15) is 4.79 Å². The average Bonchev–Trinajstić information content (AvgIpc) is 3.45. The van der Waals surface area contributed by atoms with Crippen LogP contribution in [0.25, 0.3) is 6.08 Å². The van der Waals surface area contributed by atoms with E-state index in [1.807, 2.05) is 12.1 Å². The van der Waals surface area contributed by atoms with E-state index < -0.39 is 5.97 Å². The third-order valence-corrected chi connectivity index (χ3v) is 7.05. The van der Waals surface area contributed by atoms with E-state index in [-0.39, 0.29) is 5.76 Å². The van der Waals surface area contributed by atoms with Crippen LogP contribution in [0.2, 0.25) is 0 Å². The molecular weight excluding hydrogens is 410 g/mol. The van der Waals surface area contributed by atoms with Crippen molar-refractivity contribution >= 4 is 17.8 Å². The predicted octanol–water partition coefficient (Wildman–Crippen LogP) is 7.99. The Morgan fingerprint density at radius 1 is 1.15 bits per heavy atom. The van der Waals surface area contributed by atoms with E-state index in [1.54, 1.807) is 6.07 Å². The van der Waals surface area contributed by atoms with Crippen LogP contribution in [0.3, 0.4) is 0 Å². The van der Waals surface area contributed by atoms with E-state index in [0.29, 0.717) is 11.7 Å². The number of methoxy groups -OCH3 is 1. The van der Waals surface area contributed by atoms with Crippen LogP contribution < -0.4 is 0 Å². The van der Waals surface area contributed by atoms with Crippen molar-refractivity contribution < 1.29 is 13.9 Å². The Kier molecular flexibility index (Phi) is 7.85. The molecule has 2 heterocycles. The molecule has 176 valence electrons. The maximum Gasteiger partial charge on any atom is 0.373 e. The van der Waals surface area contributed by atoms with Crippen LogP contribution in [0, 0.1) is 5.92 Å². The molecule has 0 saturated heterocycles. The minimum absolute atomic E-state index is 0.224. The van der Waals surface area contributed by atoms with E-state index >= 15 is 0 Å². The summed E-state index contributed by atoms with van der Waals surface area (Å²) in [5.41, 5.74) is 7.78. The van der Waals surface area contributed by atoms with Crippen molar-refractivity contribution in [1.29, 1.82) is 0 Å². The molecule has 1 fully saturated rings. The standard InChI is InChI=1S/C29H37NO3/c1-4-5-6-7-8-9-12-21-15-17-23(28-27(21)24-13-10-11-14-25(24)30-28)20(2)19-22-16-18-26(33-22)29(31)32-3/h15-19,21H,4-14H2,1-3H3. The normalized spacial score (nSPS) is 20.2. The molecule has 0 spiro atoms. The molecule has 4 nitrogen and oxygen atoms in total. The smallest absolute Gasteiger partial charge is 0.373 e. The van der Waals surface area contributed by atoms with Crippen LogP contribution in [0.5, 0.6) is 0 Å². The maximum absolute atomic E-state index is 11.7. The average molecular weight is 448 g/mol. The number of ether oxygens (including phenoxy) is 1. The van der Waals surface area contributed by atoms with Gasteiger partial charge in [-0.1, -0.05) is 57.6 Å². The van der Waals surface area contributed by atoms with Crippen molar-refractivity contribution in [2.24, 2.45) is 10.9 Å². The fourth-order valence-electron chi connectivity index (χ4n) is 5.27. The number of nitrogens with zero attached hydrogens (tertiary/aromatic N) is 1. The molecule has 3 aliphatic rings. The highest BCUT2D eigenvalue weighted by Gasteiger charge is 2.33. The molecule has 4 rings (SSSR count). The number of unbranched alkanes of at least 4 members (excludes halogenated alkanes) is 5. The Hall–Kier alpha value is -2.62. The van der Waals surface area contributed by atoms with Crippen molar-refractivity contribution in [3.8, 4) is 0 Å². The number of aliphatic imine (C=N–C) groups is 1. The molecular formula is C29H37NO3. The van der Waals surface area contributed by atoms with Gasteiger partial charge >= 0.3 is 5.97 Å². The number of furan rings is 1. The number of rotatable bonds is 10. The van der Waals surface area contributed by atoms with Gasteiger partial charge in [0.15, 0.2) is 0 Å². The van der Waals surface area contributed by atoms with Gasteiger partial charge in [0, 0.05) is 17.2 Å². The first-order valence-electron chi connectivity index (χ1n) is 12.7. The van der Waals surface area contributed by atoms with Gasteiger partial charge in [0.2, 0.25) is 5.76 Å². The summed E-state index contributed by atoms with van der Waals surface area (Å²) in [6.45, 7) is 4.37. The van der Waals surface area contributed by atoms with Gasteiger partial charge in [0.25, 0.3) is 0 Å². The molecule has 0 amide bonds. The fourth-order valence-corrected chi connectivity index (χ4v) is 5.27. The number of allylic oxidation sites excluding steroid dienone is 6. The summed E-state index contributed by atoms with van der Waals surface area (Å²) in [6, 6.07) is 3.47. The Labute approximate surface area is 198 Å². The second-order valence-electron chi connectivity index (χ2n) is 9.46. The van der Waals surface area contributed by atoms with Crippen LogP contribution >= 0.6 is 0 Å². The van der Waals surface area contributed by atoms with Crippen LogP contribution in [-0.4, -0.2) is 18.8 Å². The van der Waals surface area contributed by atoms with E-state index in [4.69, 9.17) is 14.1 Å². The van der Waals surface area contributed by atoms with Crippen LogP contribution in [0.1, 0.15) is 101 Å². The molecule has 1 aliphatic heterocycles. The highest BCUT2D eigenvalue weighted by molar-refractivity contribution is 6.06. The van der Waals surface area contributed by atoms with Crippen LogP contribution in [0.4, 0.5) is 0 Å². The highest BCUT2D eigenvalue weighted by atomic mass is 16.5. The van der Waals surface area contributed by atoms with Crippen molar-refractivity contribution in [2.45, 2.75) is 84.5 Å². The van der Waals surface area contributed by atoms with E-state index in [2.05, 4.69) is 26.0 Å². The summed E-state index contributed by atoms with van der Waals surface area (Å²) >= 11 is 0. The SMILES string of the molecule is CCCCCCCCC1C=CC(C(C)=Cc2ccc(C(=O)OC)o2)=C2N=C3CCCCC3=C21. The fraction of sp³-hybridized carbons (Fsp3) is 0.517. The lowest BCUT2D eigenvalue weighted by Crippen LogP contribution is -2.13. The molecule has 0 N–H and O–H groups in total. The summed E-state index contributed by atoms with van der Waals surface area (Å²) in [6.07, 6.45) is 20.6. The topological polar surface area (TPSA) is 51.8 Å². The molecule has 1 aromatic rings. The Balaban J connectivity index is 1.56. The molecule has 0 radical (unpaired) electrons. The molecule has 4 heteroatoms. The minimum atomic E-state index is -0.456. The van der Waals surface area contributed by atoms with Crippen molar-refractivity contribution in [3.63, 3.8) is 0 Å². The molecule has 1 atom stereocenters. The van der Waals surface area contributed by atoms with Gasteiger partial charge < -0.3 is 9.15 Å². The Morgan fingerprint density at radius 2 is 1.94 bits per heavy atom. The lowest BCUT2D eigenvalue weighted by Gasteiger charge is -2.24. The first-order chi connectivity index (χ1) is 16.1. The lowest BCUT2D eigenvalue weighted by atomic mass is 9.79. The van der Waals surface area contributed by atoms with Gasteiger partial charge in [-0.3, -0.25) is 4.99 Å². The number of carbonyl (C=O) groups is 1. The summed E-state index contributed by atoms with van der Waals surface area (Å²) in [7, 11) is 1.36. The zero-order chi connectivity index (χ0) is 23.2. The second kappa shape index (κ2) is 11.0. The molecule has 33 heavy (non-hydrogen) atoms. The first kappa shape index (κ1) is 23.5. The number of fused-ring (bicyclic) bond motifs is 2. The van der Waals surface area contributed by atoms with Crippen molar-refractivity contribution in [3.05, 3.63) is 63.8 Å². The Bertz CT molecular complexity index is 1030. The molecule has 1 saturated carbocycles. The summed E-state index contributed by atoms with van der Waals surface area (Å²) < 4.78 is 10.4. The molecule has 1 aromatic heterocycles. The summed E-state index contributed by atoms with van der Waals surface area (Å²) in [5, 5.41) is 0. The lowest BCUT2D eigenvalue weighted by molar-refractivity contribution is 0.0564. The van der Waals surface area contributed by atoms with Gasteiger partial charge in [-0.2, -0.15) is 0 Å². The van der Waals surface area contributed by atoms with Crippen LogP contribution in [-0.2, 0) is 4.74 Å². The second-order valence-corrected chi connectivity index (χ2v) is 9.46. The van der Waals surface area contributed by atoms with Gasteiger partial charge in [-0.15, -0.1) is 0 Å². The highest BCUT2D eigenvalue weighted by Crippen LogP contribution is 2.45. The van der Waals surface area contributed by atoms with Gasteiger partial charge in [0.1, 0.15) is 5.76 Å². The van der Waals surface area contributed by atoms with Gasteiger partial charge in [-0.05, 0) is 74.0 Å². The monoisotopic (exact) mass is 447 g/mol. The molecule has 2 aliphatic carbocycles. The molecule has 0 aromatic carbocycles. The zero-order valence-corrected chi connectivity index (χ0v) is 20.4. The quantitative estimate of drug-likeness (QED) is 0.270. The van der Waals surface area contributed by atoms with Crippen molar-refractivity contribution in [2.75, 3.05) is 7.11 Å². The largest absolute Gasteiger partial charge is 0.463 e. The third-order valence-electron chi connectivity index (χ3n) is 7.05. The van der Waals surface area contributed by atoms with E-state index in [1.165, 1.54) is 93.0 Å². The number of hydrogen-bond donors (Lipinski definition) is 0. The maximum atomic E-state index is 11.7.